The Morgan fingerprint density at radius 1 is 0.904 bits per heavy atom. The Balaban J connectivity index is 0.988. The number of anilines is 2. The molecule has 0 radical (unpaired) electrons. The normalized spacial score (nSPS) is 13.6. The Hall–Kier alpha value is -4.52. The molecule has 4 N–H and O–H groups in total. The zero-order valence-electron chi connectivity index (χ0n) is 30.7. The van der Waals surface area contributed by atoms with Gasteiger partial charge in [-0.25, -0.2) is 9.78 Å². The molecule has 2 heterocycles. The number of carboxylic acid groups (broad SMARTS) is 1. The quantitative estimate of drug-likeness (QED) is 0.0804. The molecule has 0 unspecified atom stereocenters. The van der Waals surface area contributed by atoms with E-state index in [2.05, 4.69) is 31.9 Å². The average molecular weight is 728 g/mol. The van der Waals surface area contributed by atoms with Crippen molar-refractivity contribution in [1.29, 1.82) is 0 Å². The van der Waals surface area contributed by atoms with E-state index in [1.807, 2.05) is 86.7 Å². The fourth-order valence-corrected chi connectivity index (χ4v) is 7.74. The lowest BCUT2D eigenvalue weighted by Crippen LogP contribution is -2.40. The minimum atomic E-state index is -1.06. The van der Waals surface area contributed by atoms with E-state index in [-0.39, 0.29) is 17.7 Å². The Morgan fingerprint density at radius 2 is 1.69 bits per heavy atom. The van der Waals surface area contributed by atoms with Gasteiger partial charge in [-0.2, -0.15) is 0 Å². The van der Waals surface area contributed by atoms with Gasteiger partial charge in [0.05, 0.1) is 15.9 Å². The second-order valence-corrected chi connectivity index (χ2v) is 14.7. The number of rotatable bonds is 18. The highest BCUT2D eigenvalue weighted by Gasteiger charge is 2.25. The number of likely N-dealkylation sites (N-methyl/N-ethyl adjacent to an activating group) is 1. The van der Waals surface area contributed by atoms with Crippen molar-refractivity contribution < 1.29 is 19.5 Å². The lowest BCUT2D eigenvalue weighted by Gasteiger charge is -2.34. The van der Waals surface area contributed by atoms with Crippen LogP contribution in [0.5, 0.6) is 0 Å². The molecule has 12 heteroatoms. The zero-order chi connectivity index (χ0) is 36.9. The number of likely N-dealkylation sites (tertiary alicyclic amines) is 1. The van der Waals surface area contributed by atoms with Crippen molar-refractivity contribution in [2.75, 3.05) is 77.6 Å². The van der Waals surface area contributed by atoms with Gasteiger partial charge in [0, 0.05) is 57.8 Å². The van der Waals surface area contributed by atoms with Crippen LogP contribution in [0.15, 0.2) is 66.7 Å². The molecular weight excluding hydrogens is 675 g/mol. The van der Waals surface area contributed by atoms with Crippen LogP contribution in [0.3, 0.4) is 0 Å². The summed E-state index contributed by atoms with van der Waals surface area (Å²) in [7, 11) is 5.65. The first kappa shape index (κ1) is 38.7. The summed E-state index contributed by atoms with van der Waals surface area (Å²) in [6.45, 7) is 5.70. The van der Waals surface area contributed by atoms with Crippen molar-refractivity contribution in [3.63, 3.8) is 0 Å². The first-order valence-electron chi connectivity index (χ1n) is 18.4. The Morgan fingerprint density at radius 3 is 2.44 bits per heavy atom. The van der Waals surface area contributed by atoms with Crippen LogP contribution in [0.2, 0.25) is 0 Å². The van der Waals surface area contributed by atoms with Crippen molar-refractivity contribution in [1.82, 2.24) is 25.0 Å². The lowest BCUT2D eigenvalue weighted by molar-refractivity contribution is -0.130. The summed E-state index contributed by atoms with van der Waals surface area (Å²) in [5, 5.41) is 19.7. The highest BCUT2D eigenvalue weighted by Crippen LogP contribution is 2.39. The molecule has 1 aromatic heterocycles. The Labute approximate surface area is 311 Å². The molecule has 1 saturated heterocycles. The van der Waals surface area contributed by atoms with E-state index < -0.39 is 6.09 Å². The summed E-state index contributed by atoms with van der Waals surface area (Å²) in [5.74, 6) is 0.461. The highest BCUT2D eigenvalue weighted by atomic mass is 32.1. The molecule has 278 valence electrons. The number of nitrogens with zero attached hydrogens (tertiary/aromatic N) is 4. The van der Waals surface area contributed by atoms with Crippen LogP contribution < -0.4 is 16.0 Å². The van der Waals surface area contributed by atoms with E-state index in [1.165, 1.54) is 0 Å². The van der Waals surface area contributed by atoms with Gasteiger partial charge in [-0.3, -0.25) is 14.9 Å². The molecule has 0 spiro atoms. The van der Waals surface area contributed by atoms with E-state index in [4.69, 9.17) is 0 Å². The summed E-state index contributed by atoms with van der Waals surface area (Å²) in [6.07, 6.45) is 5.01. The van der Waals surface area contributed by atoms with Crippen LogP contribution in [-0.4, -0.2) is 110 Å². The van der Waals surface area contributed by atoms with Gasteiger partial charge in [-0.15, -0.1) is 0 Å². The van der Waals surface area contributed by atoms with Crippen molar-refractivity contribution in [2.45, 2.75) is 50.9 Å². The van der Waals surface area contributed by atoms with Crippen LogP contribution in [0.25, 0.3) is 21.3 Å². The molecule has 52 heavy (non-hydrogen) atoms. The van der Waals surface area contributed by atoms with Gasteiger partial charge in [-0.05, 0) is 94.0 Å². The summed E-state index contributed by atoms with van der Waals surface area (Å²) in [6, 6.07) is 21.6. The number of amides is 3. The number of benzene rings is 3. The van der Waals surface area contributed by atoms with E-state index in [0.717, 1.165) is 103 Å². The maximum atomic E-state index is 12.9. The first-order valence-corrected chi connectivity index (χ1v) is 19.2. The summed E-state index contributed by atoms with van der Waals surface area (Å²) in [5.41, 5.74) is 5.18. The van der Waals surface area contributed by atoms with E-state index in [9.17, 15) is 19.5 Å². The van der Waals surface area contributed by atoms with E-state index in [1.54, 1.807) is 16.2 Å². The number of carbonyl (C=O) groups is 3. The number of para-hydroxylation sites is 1. The number of unbranched alkanes of at least 4 members (excludes halogenated alkanes) is 2. The number of thiazole rings is 1. The smallest absolute Gasteiger partial charge is 0.409 e. The third-order valence-electron chi connectivity index (χ3n) is 9.86. The van der Waals surface area contributed by atoms with Crippen molar-refractivity contribution in [3.05, 3.63) is 77.9 Å². The van der Waals surface area contributed by atoms with Gasteiger partial charge in [0.15, 0.2) is 5.13 Å². The number of aromatic nitrogens is 1. The number of hydrogen-bond acceptors (Lipinski definition) is 8. The van der Waals surface area contributed by atoms with Crippen LogP contribution in [-0.2, 0) is 4.79 Å². The molecule has 1 aliphatic rings. The molecule has 0 bridgehead atoms. The molecular formula is C40H53N7O4S. The fraction of sp³-hybridized carbons (Fsp3) is 0.450. The first-order chi connectivity index (χ1) is 25.2. The SMILES string of the molecule is CNCCCN(C)C(=O)c1ccc2nc(NCCCCCC(=O)N(C)CCN3CCC(c4cccc(-c5ccccc5)c4NC(=O)O)CC3)sc2c1. The highest BCUT2D eigenvalue weighted by molar-refractivity contribution is 7.22. The molecule has 3 aromatic carbocycles. The fourth-order valence-electron chi connectivity index (χ4n) is 6.81. The molecule has 11 nitrogen and oxygen atoms in total. The van der Waals surface area contributed by atoms with Crippen LogP contribution in [0.4, 0.5) is 15.6 Å². The van der Waals surface area contributed by atoms with Gasteiger partial charge >= 0.3 is 6.09 Å². The molecule has 1 fully saturated rings. The number of fused-ring (bicyclic) bond motifs is 1. The molecule has 0 atom stereocenters. The third kappa shape index (κ3) is 10.8. The maximum Gasteiger partial charge on any atom is 0.409 e. The monoisotopic (exact) mass is 727 g/mol. The van der Waals surface area contributed by atoms with Crippen molar-refractivity contribution >= 4 is 50.3 Å². The molecule has 1 aliphatic heterocycles. The second kappa shape index (κ2) is 19.4. The van der Waals surface area contributed by atoms with Crippen LogP contribution >= 0.6 is 11.3 Å². The Bertz CT molecular complexity index is 1770. The third-order valence-corrected chi connectivity index (χ3v) is 10.8. The van der Waals surface area contributed by atoms with E-state index >= 15 is 0 Å². The van der Waals surface area contributed by atoms with E-state index in [0.29, 0.717) is 30.8 Å². The average Bonchev–Trinajstić information content (AvgIpc) is 3.57. The van der Waals surface area contributed by atoms with Crippen molar-refractivity contribution in [3.8, 4) is 11.1 Å². The predicted octanol–water partition coefficient (Wildman–Crippen LogP) is 7.05. The minimum Gasteiger partial charge on any atom is -0.465 e. The predicted molar refractivity (Wildman–Crippen MR) is 212 cm³/mol. The number of carbonyl (C=O) groups excluding carboxylic acids is 2. The summed E-state index contributed by atoms with van der Waals surface area (Å²) >= 11 is 1.56. The topological polar surface area (TPSA) is 130 Å². The molecule has 0 aliphatic carbocycles. The largest absolute Gasteiger partial charge is 0.465 e. The minimum absolute atomic E-state index is 0.0230. The van der Waals surface area contributed by atoms with Crippen LogP contribution in [0.1, 0.15) is 66.8 Å². The Kier molecular flexibility index (Phi) is 14.4. The zero-order valence-corrected chi connectivity index (χ0v) is 31.5. The molecule has 0 saturated carbocycles. The molecule has 3 amide bonds. The second-order valence-electron chi connectivity index (χ2n) is 13.6. The summed E-state index contributed by atoms with van der Waals surface area (Å²) < 4.78 is 0.991. The standard InChI is InChI=1S/C40H53N7O4S/c1-41-21-11-23-46(3)38(49)31-17-18-34-35(28-31)52-39(43-34)42-22-9-5-8-16-36(48)45(2)26-27-47-24-19-30(20-25-47)33-15-10-14-32(37(33)44-40(50)51)29-12-6-4-7-13-29/h4,6-7,10,12-15,17-18,28,30,41,44H,5,8-9,11,16,19-27H2,1-3H3,(H,42,43)(H,50,51). The molecule has 4 aromatic rings. The maximum absolute atomic E-state index is 12.9. The van der Waals surface area contributed by atoms with Crippen molar-refractivity contribution in [2.24, 2.45) is 0 Å². The number of hydrogen-bond donors (Lipinski definition) is 4. The van der Waals surface area contributed by atoms with Gasteiger partial charge in [0.1, 0.15) is 0 Å². The van der Waals surface area contributed by atoms with Gasteiger partial charge in [0.25, 0.3) is 5.91 Å². The van der Waals surface area contributed by atoms with Gasteiger partial charge in [0.2, 0.25) is 5.91 Å². The lowest BCUT2D eigenvalue weighted by atomic mass is 9.86. The summed E-state index contributed by atoms with van der Waals surface area (Å²) in [4.78, 5) is 48.1. The number of piperidine rings is 1. The number of nitrogens with one attached hydrogen (secondary N) is 3. The molecule has 5 rings (SSSR count). The van der Waals surface area contributed by atoms with Gasteiger partial charge in [-0.1, -0.05) is 66.3 Å². The van der Waals surface area contributed by atoms with Gasteiger partial charge < -0.3 is 30.4 Å². The van der Waals surface area contributed by atoms with Crippen LogP contribution in [0, 0.1) is 0 Å².